The van der Waals surface area contributed by atoms with Crippen molar-refractivity contribution in [2.75, 3.05) is 13.1 Å². The molecule has 1 fully saturated rings. The summed E-state index contributed by atoms with van der Waals surface area (Å²) in [6, 6.07) is 7.71. The van der Waals surface area contributed by atoms with Crippen molar-refractivity contribution in [1.29, 1.82) is 0 Å². The van der Waals surface area contributed by atoms with Gasteiger partial charge in [0.15, 0.2) is 5.82 Å². The minimum absolute atomic E-state index is 0.0851. The van der Waals surface area contributed by atoms with Gasteiger partial charge in [-0.25, -0.2) is 0 Å². The van der Waals surface area contributed by atoms with Gasteiger partial charge in [0, 0.05) is 24.6 Å². The standard InChI is InChI=1S/C14H17N5O/c1-10-4-2-5-11(8-10)14(20)19-7-3-6-12(9-19)13-15-17-18-16-13/h2,4-5,8,12H,3,6-7,9H2,1H3,(H,15,16,17,18). The van der Waals surface area contributed by atoms with Crippen molar-refractivity contribution < 1.29 is 4.79 Å². The summed E-state index contributed by atoms with van der Waals surface area (Å²) < 4.78 is 0. The van der Waals surface area contributed by atoms with Crippen LogP contribution in [0, 0.1) is 6.92 Å². The molecule has 6 nitrogen and oxygen atoms in total. The summed E-state index contributed by atoms with van der Waals surface area (Å²) in [6.45, 7) is 3.45. The number of nitrogens with one attached hydrogen (secondary N) is 1. The number of H-pyrrole nitrogens is 1. The maximum absolute atomic E-state index is 12.5. The van der Waals surface area contributed by atoms with Crippen LogP contribution in [-0.2, 0) is 0 Å². The van der Waals surface area contributed by atoms with E-state index in [0.29, 0.717) is 12.4 Å². The number of hydrogen-bond donors (Lipinski definition) is 1. The number of carbonyl (C=O) groups excluding carboxylic acids is 1. The number of aromatic nitrogens is 4. The third-order valence-electron chi connectivity index (χ3n) is 3.70. The van der Waals surface area contributed by atoms with Gasteiger partial charge in [0.2, 0.25) is 0 Å². The summed E-state index contributed by atoms with van der Waals surface area (Å²) in [6.07, 6.45) is 1.97. The van der Waals surface area contributed by atoms with Crippen molar-refractivity contribution in [3.05, 3.63) is 41.2 Å². The summed E-state index contributed by atoms with van der Waals surface area (Å²) in [7, 11) is 0. The molecule has 0 bridgehead atoms. The van der Waals surface area contributed by atoms with E-state index in [1.165, 1.54) is 0 Å². The van der Waals surface area contributed by atoms with Crippen LogP contribution in [0.5, 0.6) is 0 Å². The van der Waals surface area contributed by atoms with E-state index in [0.717, 1.165) is 30.5 Å². The zero-order chi connectivity index (χ0) is 13.9. The largest absolute Gasteiger partial charge is 0.338 e. The summed E-state index contributed by atoms with van der Waals surface area (Å²) in [4.78, 5) is 14.4. The molecule has 1 amide bonds. The van der Waals surface area contributed by atoms with E-state index in [-0.39, 0.29) is 11.8 Å². The maximum atomic E-state index is 12.5. The average Bonchev–Trinajstić information content (AvgIpc) is 3.01. The van der Waals surface area contributed by atoms with Gasteiger partial charge in [-0.2, -0.15) is 5.21 Å². The number of carbonyl (C=O) groups is 1. The Morgan fingerprint density at radius 2 is 2.35 bits per heavy atom. The summed E-state index contributed by atoms with van der Waals surface area (Å²) in [5, 5.41) is 14.1. The number of aromatic amines is 1. The molecule has 0 aliphatic carbocycles. The van der Waals surface area contributed by atoms with Crippen LogP contribution in [0.1, 0.15) is 40.5 Å². The molecule has 1 aromatic carbocycles. The Bertz CT molecular complexity index is 595. The number of likely N-dealkylation sites (tertiary alicyclic amines) is 1. The molecule has 2 heterocycles. The Hall–Kier alpha value is -2.24. The summed E-state index contributed by atoms with van der Waals surface area (Å²) in [5.41, 5.74) is 1.85. The van der Waals surface area contributed by atoms with Crippen LogP contribution in [0.2, 0.25) is 0 Å². The normalized spacial score (nSPS) is 19.1. The lowest BCUT2D eigenvalue weighted by Gasteiger charge is -2.31. The van der Waals surface area contributed by atoms with Crippen molar-refractivity contribution in [1.82, 2.24) is 25.5 Å². The summed E-state index contributed by atoms with van der Waals surface area (Å²) >= 11 is 0. The molecule has 0 saturated carbocycles. The molecule has 6 heteroatoms. The molecule has 1 atom stereocenters. The Kier molecular flexibility index (Phi) is 3.45. The highest BCUT2D eigenvalue weighted by molar-refractivity contribution is 5.94. The molecule has 1 aliphatic heterocycles. The molecule has 1 aromatic heterocycles. The molecule has 3 rings (SSSR count). The van der Waals surface area contributed by atoms with Crippen LogP contribution in [0.25, 0.3) is 0 Å². The number of nitrogens with zero attached hydrogens (tertiary/aromatic N) is 4. The fourth-order valence-corrected chi connectivity index (χ4v) is 2.68. The number of aryl methyl sites for hydroxylation is 1. The van der Waals surface area contributed by atoms with Crippen LogP contribution >= 0.6 is 0 Å². The van der Waals surface area contributed by atoms with Gasteiger partial charge in [0.1, 0.15) is 0 Å². The quantitative estimate of drug-likeness (QED) is 0.898. The molecule has 1 unspecified atom stereocenters. The van der Waals surface area contributed by atoms with E-state index in [1.54, 1.807) is 0 Å². The lowest BCUT2D eigenvalue weighted by atomic mass is 9.96. The zero-order valence-corrected chi connectivity index (χ0v) is 11.4. The number of benzene rings is 1. The molecular weight excluding hydrogens is 254 g/mol. The van der Waals surface area contributed by atoms with E-state index in [1.807, 2.05) is 36.1 Å². The molecule has 20 heavy (non-hydrogen) atoms. The van der Waals surface area contributed by atoms with E-state index in [9.17, 15) is 4.79 Å². The topological polar surface area (TPSA) is 74.8 Å². The molecule has 1 saturated heterocycles. The summed E-state index contributed by atoms with van der Waals surface area (Å²) in [5.74, 6) is 0.963. The Labute approximate surface area is 117 Å². The van der Waals surface area contributed by atoms with Crippen molar-refractivity contribution in [3.63, 3.8) is 0 Å². The van der Waals surface area contributed by atoms with E-state index < -0.39 is 0 Å². The van der Waals surface area contributed by atoms with E-state index in [4.69, 9.17) is 0 Å². The number of hydrogen-bond acceptors (Lipinski definition) is 4. The molecule has 1 N–H and O–H groups in total. The van der Waals surface area contributed by atoms with Gasteiger partial charge in [-0.3, -0.25) is 4.79 Å². The van der Waals surface area contributed by atoms with Crippen molar-refractivity contribution in [2.24, 2.45) is 0 Å². The molecular formula is C14H17N5O. The predicted octanol–water partition coefficient (Wildman–Crippen LogP) is 1.53. The Morgan fingerprint density at radius 1 is 1.45 bits per heavy atom. The van der Waals surface area contributed by atoms with Crippen LogP contribution in [0.4, 0.5) is 0 Å². The predicted molar refractivity (Wildman–Crippen MR) is 73.2 cm³/mol. The van der Waals surface area contributed by atoms with Crippen molar-refractivity contribution in [3.8, 4) is 0 Å². The lowest BCUT2D eigenvalue weighted by molar-refractivity contribution is 0.0704. The van der Waals surface area contributed by atoms with Gasteiger partial charge in [-0.05, 0) is 31.9 Å². The van der Waals surface area contributed by atoms with Gasteiger partial charge in [-0.1, -0.05) is 22.9 Å². The highest BCUT2D eigenvalue weighted by atomic mass is 16.2. The van der Waals surface area contributed by atoms with E-state index >= 15 is 0 Å². The molecule has 0 spiro atoms. The molecule has 1 aliphatic rings. The van der Waals surface area contributed by atoms with Crippen LogP contribution in [0.3, 0.4) is 0 Å². The minimum Gasteiger partial charge on any atom is -0.338 e. The smallest absolute Gasteiger partial charge is 0.253 e. The second-order valence-corrected chi connectivity index (χ2v) is 5.23. The molecule has 2 aromatic rings. The number of tetrazole rings is 1. The second kappa shape index (κ2) is 5.40. The van der Waals surface area contributed by atoms with Gasteiger partial charge in [-0.15, -0.1) is 10.2 Å². The first-order valence-corrected chi connectivity index (χ1v) is 6.83. The monoisotopic (exact) mass is 271 g/mol. The first-order valence-electron chi connectivity index (χ1n) is 6.83. The third-order valence-corrected chi connectivity index (χ3v) is 3.70. The van der Waals surface area contributed by atoms with Crippen LogP contribution < -0.4 is 0 Å². The molecule has 104 valence electrons. The van der Waals surface area contributed by atoms with Gasteiger partial charge in [0.25, 0.3) is 5.91 Å². The number of rotatable bonds is 2. The van der Waals surface area contributed by atoms with Crippen LogP contribution in [-0.4, -0.2) is 44.5 Å². The fourth-order valence-electron chi connectivity index (χ4n) is 2.68. The van der Waals surface area contributed by atoms with Crippen LogP contribution in [0.15, 0.2) is 24.3 Å². The SMILES string of the molecule is Cc1cccc(C(=O)N2CCCC(c3nn[nH]n3)C2)c1. The van der Waals surface area contributed by atoms with Crippen molar-refractivity contribution in [2.45, 2.75) is 25.7 Å². The number of amides is 1. The van der Waals surface area contributed by atoms with Crippen molar-refractivity contribution >= 4 is 5.91 Å². The highest BCUT2D eigenvalue weighted by Crippen LogP contribution is 2.24. The Morgan fingerprint density at radius 3 is 3.10 bits per heavy atom. The maximum Gasteiger partial charge on any atom is 0.253 e. The average molecular weight is 271 g/mol. The van der Waals surface area contributed by atoms with Gasteiger partial charge < -0.3 is 4.90 Å². The zero-order valence-electron chi connectivity index (χ0n) is 11.4. The van der Waals surface area contributed by atoms with E-state index in [2.05, 4.69) is 20.6 Å². The minimum atomic E-state index is 0.0851. The molecule has 0 radical (unpaired) electrons. The first kappa shape index (κ1) is 12.8. The highest BCUT2D eigenvalue weighted by Gasteiger charge is 2.27. The number of piperidine rings is 1. The second-order valence-electron chi connectivity index (χ2n) is 5.23. The lowest BCUT2D eigenvalue weighted by Crippen LogP contribution is -2.39. The Balaban J connectivity index is 1.75. The van der Waals surface area contributed by atoms with Gasteiger partial charge >= 0.3 is 0 Å². The third kappa shape index (κ3) is 2.54. The van der Waals surface area contributed by atoms with Gasteiger partial charge in [0.05, 0.1) is 0 Å². The fraction of sp³-hybridized carbons (Fsp3) is 0.429. The first-order chi connectivity index (χ1) is 9.74.